The fraction of sp³-hybridized carbons (Fsp3) is 0.0833. The molecule has 5 aromatic rings. The number of nitrogens with zero attached hydrogens (tertiary/aromatic N) is 3. The Balaban J connectivity index is 1.40. The lowest BCUT2D eigenvalue weighted by atomic mass is 10.1. The van der Waals surface area contributed by atoms with Crippen LogP contribution in [-0.4, -0.2) is 28.5 Å². The Labute approximate surface area is 196 Å². The molecule has 0 fully saturated rings. The molecule has 5 rings (SSSR count). The SMILES string of the molecule is CCOC(=O)c1ccc(-c2ccc(C=Nn3cnc4scc(-c5cccs5)c4c3=O)o2)cc1. The van der Waals surface area contributed by atoms with Gasteiger partial charge in [0.05, 0.1) is 23.8 Å². The van der Waals surface area contributed by atoms with Crippen molar-refractivity contribution in [1.82, 2.24) is 9.66 Å². The van der Waals surface area contributed by atoms with Gasteiger partial charge in [-0.25, -0.2) is 9.78 Å². The zero-order chi connectivity index (χ0) is 22.8. The summed E-state index contributed by atoms with van der Waals surface area (Å²) in [7, 11) is 0. The molecular formula is C24H17N3O4S2. The molecule has 0 atom stereocenters. The zero-order valence-electron chi connectivity index (χ0n) is 17.4. The highest BCUT2D eigenvalue weighted by Gasteiger charge is 2.14. The Morgan fingerprint density at radius 2 is 2.03 bits per heavy atom. The Morgan fingerprint density at radius 3 is 2.79 bits per heavy atom. The van der Waals surface area contributed by atoms with Gasteiger partial charge in [0.1, 0.15) is 22.7 Å². The number of carbonyl (C=O) groups excluding carboxylic acids is 1. The van der Waals surface area contributed by atoms with Crippen LogP contribution in [0.2, 0.25) is 0 Å². The van der Waals surface area contributed by atoms with Crippen LogP contribution in [0.15, 0.2) is 79.9 Å². The summed E-state index contributed by atoms with van der Waals surface area (Å²) in [5.41, 5.74) is 1.93. The van der Waals surface area contributed by atoms with Crippen LogP contribution in [0.4, 0.5) is 0 Å². The molecule has 7 nitrogen and oxygen atoms in total. The van der Waals surface area contributed by atoms with Gasteiger partial charge in [0.15, 0.2) is 0 Å². The summed E-state index contributed by atoms with van der Waals surface area (Å²) in [5.74, 6) is 0.737. The summed E-state index contributed by atoms with van der Waals surface area (Å²) in [4.78, 5) is 30.9. The molecule has 0 N–H and O–H groups in total. The molecule has 4 aromatic heterocycles. The lowest BCUT2D eigenvalue weighted by molar-refractivity contribution is 0.0526. The van der Waals surface area contributed by atoms with Crippen molar-refractivity contribution in [3.8, 4) is 21.8 Å². The highest BCUT2D eigenvalue weighted by atomic mass is 32.1. The second-order valence-electron chi connectivity index (χ2n) is 6.95. The molecule has 164 valence electrons. The molecular weight excluding hydrogens is 458 g/mol. The normalized spacial score (nSPS) is 11.4. The van der Waals surface area contributed by atoms with E-state index in [9.17, 15) is 9.59 Å². The Morgan fingerprint density at radius 1 is 1.18 bits per heavy atom. The van der Waals surface area contributed by atoms with Crippen molar-refractivity contribution >= 4 is 45.1 Å². The van der Waals surface area contributed by atoms with E-state index in [1.165, 1.54) is 28.6 Å². The summed E-state index contributed by atoms with van der Waals surface area (Å²) < 4.78 is 12.0. The molecule has 0 aliphatic rings. The number of fused-ring (bicyclic) bond motifs is 1. The highest BCUT2D eigenvalue weighted by Crippen LogP contribution is 2.33. The number of thiophene rings is 2. The summed E-state index contributed by atoms with van der Waals surface area (Å²) in [6, 6.07) is 14.5. The summed E-state index contributed by atoms with van der Waals surface area (Å²) in [6.07, 6.45) is 2.89. The monoisotopic (exact) mass is 475 g/mol. The first-order valence-electron chi connectivity index (χ1n) is 10.1. The van der Waals surface area contributed by atoms with E-state index in [2.05, 4.69) is 10.1 Å². The quantitative estimate of drug-likeness (QED) is 0.239. The van der Waals surface area contributed by atoms with E-state index in [0.29, 0.717) is 33.9 Å². The van der Waals surface area contributed by atoms with Crippen LogP contribution in [0, 0.1) is 0 Å². The third kappa shape index (κ3) is 4.15. The molecule has 1 aromatic carbocycles. The smallest absolute Gasteiger partial charge is 0.338 e. The number of carbonyl (C=O) groups is 1. The third-order valence-corrected chi connectivity index (χ3v) is 6.67. The van der Waals surface area contributed by atoms with Crippen molar-refractivity contribution in [3.63, 3.8) is 0 Å². The fourth-order valence-electron chi connectivity index (χ4n) is 3.30. The molecule has 33 heavy (non-hydrogen) atoms. The molecule has 0 radical (unpaired) electrons. The lowest BCUT2D eigenvalue weighted by Gasteiger charge is -2.02. The van der Waals surface area contributed by atoms with Gasteiger partial charge >= 0.3 is 5.97 Å². The maximum atomic E-state index is 13.0. The lowest BCUT2D eigenvalue weighted by Crippen LogP contribution is -2.16. The maximum Gasteiger partial charge on any atom is 0.338 e. The van der Waals surface area contributed by atoms with Gasteiger partial charge in [0, 0.05) is 21.4 Å². The predicted octanol–water partition coefficient (Wildman–Crippen LogP) is 5.51. The van der Waals surface area contributed by atoms with Gasteiger partial charge in [-0.2, -0.15) is 9.78 Å². The molecule has 0 aliphatic carbocycles. The number of hydrogen-bond donors (Lipinski definition) is 0. The van der Waals surface area contributed by atoms with E-state index >= 15 is 0 Å². The van der Waals surface area contributed by atoms with E-state index in [4.69, 9.17) is 9.15 Å². The van der Waals surface area contributed by atoms with Crippen LogP contribution < -0.4 is 5.56 Å². The minimum Gasteiger partial charge on any atom is -0.462 e. The van der Waals surface area contributed by atoms with Gasteiger partial charge in [0.2, 0.25) is 0 Å². The first kappa shape index (κ1) is 21.0. The number of furan rings is 1. The number of benzene rings is 1. The number of aromatic nitrogens is 2. The second-order valence-corrected chi connectivity index (χ2v) is 8.75. The Kier molecular flexibility index (Phi) is 5.72. The summed E-state index contributed by atoms with van der Waals surface area (Å²) in [6.45, 7) is 2.10. The van der Waals surface area contributed by atoms with Crippen LogP contribution in [0.25, 0.3) is 32.0 Å². The van der Waals surface area contributed by atoms with E-state index in [1.54, 1.807) is 54.7 Å². The van der Waals surface area contributed by atoms with Gasteiger partial charge in [-0.15, -0.1) is 22.7 Å². The predicted molar refractivity (Wildman–Crippen MR) is 130 cm³/mol. The van der Waals surface area contributed by atoms with Crippen molar-refractivity contribution in [2.24, 2.45) is 5.10 Å². The van der Waals surface area contributed by atoms with Crippen LogP contribution in [0.1, 0.15) is 23.0 Å². The summed E-state index contributed by atoms with van der Waals surface area (Å²) in [5, 5.41) is 8.75. The molecule has 0 bridgehead atoms. The van der Waals surface area contributed by atoms with Gasteiger partial charge < -0.3 is 9.15 Å². The Hall–Kier alpha value is -3.82. The van der Waals surface area contributed by atoms with Crippen molar-refractivity contribution < 1.29 is 13.9 Å². The van der Waals surface area contributed by atoms with E-state index in [1.807, 2.05) is 22.9 Å². The van der Waals surface area contributed by atoms with Gasteiger partial charge in [-0.1, -0.05) is 18.2 Å². The minimum absolute atomic E-state index is 0.234. The molecule has 9 heteroatoms. The minimum atomic E-state index is -0.361. The van der Waals surface area contributed by atoms with E-state index in [0.717, 1.165) is 16.0 Å². The number of ether oxygens (including phenoxy) is 1. The van der Waals surface area contributed by atoms with Crippen LogP contribution in [-0.2, 0) is 4.74 Å². The highest BCUT2D eigenvalue weighted by molar-refractivity contribution is 7.18. The molecule has 0 saturated heterocycles. The summed E-state index contributed by atoms with van der Waals surface area (Å²) >= 11 is 3.02. The van der Waals surface area contributed by atoms with E-state index < -0.39 is 0 Å². The van der Waals surface area contributed by atoms with Gasteiger partial charge in [-0.3, -0.25) is 4.79 Å². The van der Waals surface area contributed by atoms with Crippen LogP contribution in [0.5, 0.6) is 0 Å². The molecule has 0 aliphatic heterocycles. The average Bonchev–Trinajstić information content (AvgIpc) is 3.59. The number of rotatable bonds is 6. The van der Waals surface area contributed by atoms with Crippen molar-refractivity contribution in [1.29, 1.82) is 0 Å². The fourth-order valence-corrected chi connectivity index (χ4v) is 5.02. The molecule has 0 spiro atoms. The molecule has 0 unspecified atom stereocenters. The van der Waals surface area contributed by atoms with Crippen molar-refractivity contribution in [2.45, 2.75) is 6.92 Å². The zero-order valence-corrected chi connectivity index (χ0v) is 19.1. The molecule has 0 amide bonds. The molecule has 4 heterocycles. The second kappa shape index (κ2) is 8.97. The number of esters is 1. The largest absolute Gasteiger partial charge is 0.462 e. The van der Waals surface area contributed by atoms with Crippen LogP contribution in [0.3, 0.4) is 0 Å². The van der Waals surface area contributed by atoms with Crippen molar-refractivity contribution in [3.05, 3.63) is 87.3 Å². The van der Waals surface area contributed by atoms with Gasteiger partial charge in [0.25, 0.3) is 5.56 Å². The first-order valence-corrected chi connectivity index (χ1v) is 11.8. The first-order chi connectivity index (χ1) is 16.1. The number of hydrogen-bond acceptors (Lipinski definition) is 8. The van der Waals surface area contributed by atoms with Crippen LogP contribution >= 0.6 is 22.7 Å². The van der Waals surface area contributed by atoms with E-state index in [-0.39, 0.29) is 11.5 Å². The standard InChI is InChI=1S/C24H17N3O4S2/c1-2-30-24(29)16-7-5-15(6-8-16)19-10-9-17(31-19)12-26-27-14-25-22-21(23(27)28)18(13-33-22)20-4-3-11-32-20/h3-14H,2H2,1H3. The maximum absolute atomic E-state index is 13.0. The average molecular weight is 476 g/mol. The third-order valence-electron chi connectivity index (χ3n) is 4.88. The van der Waals surface area contributed by atoms with Crippen molar-refractivity contribution in [2.75, 3.05) is 6.61 Å². The molecule has 0 saturated carbocycles. The Bertz CT molecular complexity index is 1510. The topological polar surface area (TPSA) is 86.7 Å². The van der Waals surface area contributed by atoms with Gasteiger partial charge in [-0.05, 0) is 42.6 Å².